The van der Waals surface area contributed by atoms with Crippen molar-refractivity contribution in [2.45, 2.75) is 0 Å². The molecular formula is C15H9BrClFN2O. The first-order valence-corrected chi connectivity index (χ1v) is 7.20. The monoisotopic (exact) mass is 366 g/mol. The van der Waals surface area contributed by atoms with Crippen molar-refractivity contribution in [3.05, 3.63) is 57.8 Å². The van der Waals surface area contributed by atoms with Gasteiger partial charge in [-0.2, -0.15) is 0 Å². The van der Waals surface area contributed by atoms with Crippen LogP contribution in [-0.4, -0.2) is 5.16 Å². The van der Waals surface area contributed by atoms with Crippen LogP contribution in [0.5, 0.6) is 0 Å². The molecule has 6 heteroatoms. The molecule has 0 spiro atoms. The van der Waals surface area contributed by atoms with Crippen molar-refractivity contribution >= 4 is 33.4 Å². The Kier molecular flexibility index (Phi) is 3.69. The lowest BCUT2D eigenvalue weighted by atomic mass is 10.0. The summed E-state index contributed by atoms with van der Waals surface area (Å²) in [5, 5.41) is 3.99. The van der Waals surface area contributed by atoms with E-state index in [0.29, 0.717) is 16.8 Å². The van der Waals surface area contributed by atoms with Crippen LogP contribution in [0.15, 0.2) is 51.5 Å². The van der Waals surface area contributed by atoms with Crippen molar-refractivity contribution < 1.29 is 8.91 Å². The van der Waals surface area contributed by atoms with Gasteiger partial charge in [-0.05, 0) is 35.9 Å². The van der Waals surface area contributed by atoms with Gasteiger partial charge in [0.1, 0.15) is 11.5 Å². The number of nitrogens with zero attached hydrogens (tertiary/aromatic N) is 1. The summed E-state index contributed by atoms with van der Waals surface area (Å²) >= 11 is 9.20. The topological polar surface area (TPSA) is 52.0 Å². The zero-order valence-corrected chi connectivity index (χ0v) is 13.0. The van der Waals surface area contributed by atoms with Gasteiger partial charge in [0.15, 0.2) is 0 Å². The van der Waals surface area contributed by atoms with Crippen molar-refractivity contribution in [2.75, 3.05) is 5.73 Å². The van der Waals surface area contributed by atoms with Gasteiger partial charge < -0.3 is 10.3 Å². The van der Waals surface area contributed by atoms with E-state index in [2.05, 4.69) is 21.1 Å². The predicted molar refractivity (Wildman–Crippen MR) is 84.5 cm³/mol. The van der Waals surface area contributed by atoms with Crippen LogP contribution >= 0.6 is 27.5 Å². The fourth-order valence-electron chi connectivity index (χ4n) is 2.04. The van der Waals surface area contributed by atoms with Crippen LogP contribution in [0.3, 0.4) is 0 Å². The molecule has 0 aliphatic heterocycles. The summed E-state index contributed by atoms with van der Waals surface area (Å²) in [6, 6.07) is 11.9. The largest absolute Gasteiger partial charge is 0.367 e. The van der Waals surface area contributed by atoms with Crippen LogP contribution in [0, 0.1) is 5.82 Å². The Morgan fingerprint density at radius 2 is 1.76 bits per heavy atom. The van der Waals surface area contributed by atoms with Crippen molar-refractivity contribution in [3.63, 3.8) is 0 Å². The van der Waals surface area contributed by atoms with Crippen LogP contribution in [-0.2, 0) is 0 Å². The molecule has 1 aromatic heterocycles. The van der Waals surface area contributed by atoms with E-state index in [1.54, 1.807) is 6.07 Å². The Hall–Kier alpha value is -1.85. The van der Waals surface area contributed by atoms with Crippen LogP contribution in [0.25, 0.3) is 22.4 Å². The van der Waals surface area contributed by atoms with Crippen molar-refractivity contribution in [2.24, 2.45) is 0 Å². The SMILES string of the molecule is Nc1onc(-c2ccc(F)c(Cl)c2)c1-c1ccc(Br)cc1. The standard InChI is InChI=1S/C15H9BrClFN2O/c16-10-4-1-8(2-5-10)13-14(20-21-15(13)19)9-3-6-12(18)11(17)7-9/h1-7H,19H2. The molecule has 0 saturated carbocycles. The summed E-state index contributed by atoms with van der Waals surface area (Å²) < 4.78 is 19.3. The Morgan fingerprint density at radius 3 is 2.43 bits per heavy atom. The minimum absolute atomic E-state index is 0.0239. The molecule has 3 rings (SSSR count). The lowest BCUT2D eigenvalue weighted by molar-refractivity contribution is 0.439. The Morgan fingerprint density at radius 1 is 1.10 bits per heavy atom. The number of anilines is 1. The molecule has 3 aromatic rings. The lowest BCUT2D eigenvalue weighted by Gasteiger charge is -2.04. The normalized spacial score (nSPS) is 10.8. The van der Waals surface area contributed by atoms with E-state index in [1.165, 1.54) is 12.1 Å². The average molecular weight is 368 g/mol. The van der Waals surface area contributed by atoms with Gasteiger partial charge in [0.2, 0.25) is 5.88 Å². The van der Waals surface area contributed by atoms with Crippen LogP contribution < -0.4 is 5.73 Å². The molecule has 0 bridgehead atoms. The molecule has 3 nitrogen and oxygen atoms in total. The summed E-state index contributed by atoms with van der Waals surface area (Å²) in [4.78, 5) is 0. The fourth-order valence-corrected chi connectivity index (χ4v) is 2.48. The highest BCUT2D eigenvalue weighted by Crippen LogP contribution is 2.37. The third-order valence-corrected chi connectivity index (χ3v) is 3.86. The van der Waals surface area contributed by atoms with Gasteiger partial charge in [0.05, 0.1) is 10.6 Å². The van der Waals surface area contributed by atoms with E-state index in [4.69, 9.17) is 21.9 Å². The third kappa shape index (κ3) is 2.66. The van der Waals surface area contributed by atoms with Gasteiger partial charge in [-0.25, -0.2) is 4.39 Å². The van der Waals surface area contributed by atoms with Gasteiger partial charge in [-0.1, -0.05) is 44.8 Å². The molecule has 2 aromatic carbocycles. The second-order valence-corrected chi connectivity index (χ2v) is 5.73. The highest BCUT2D eigenvalue weighted by Gasteiger charge is 2.18. The number of aromatic nitrogens is 1. The summed E-state index contributed by atoms with van der Waals surface area (Å²) in [5.41, 5.74) is 8.54. The zero-order chi connectivity index (χ0) is 15.0. The maximum Gasteiger partial charge on any atom is 0.230 e. The lowest BCUT2D eigenvalue weighted by Crippen LogP contribution is -1.88. The summed E-state index contributed by atoms with van der Waals surface area (Å²) in [6.45, 7) is 0. The van der Waals surface area contributed by atoms with E-state index in [1.807, 2.05) is 24.3 Å². The van der Waals surface area contributed by atoms with E-state index in [9.17, 15) is 4.39 Å². The quantitative estimate of drug-likeness (QED) is 0.682. The van der Waals surface area contributed by atoms with Crippen molar-refractivity contribution in [1.82, 2.24) is 5.16 Å². The number of hydrogen-bond acceptors (Lipinski definition) is 3. The molecule has 0 fully saturated rings. The van der Waals surface area contributed by atoms with E-state index in [0.717, 1.165) is 10.0 Å². The number of benzene rings is 2. The van der Waals surface area contributed by atoms with Gasteiger partial charge in [0, 0.05) is 10.0 Å². The first kappa shape index (κ1) is 14.1. The molecular weight excluding hydrogens is 359 g/mol. The van der Waals surface area contributed by atoms with E-state index in [-0.39, 0.29) is 10.9 Å². The number of hydrogen-bond donors (Lipinski definition) is 1. The average Bonchev–Trinajstić information content (AvgIpc) is 2.85. The molecule has 0 unspecified atom stereocenters. The molecule has 0 atom stereocenters. The molecule has 0 amide bonds. The maximum atomic E-state index is 13.3. The smallest absolute Gasteiger partial charge is 0.230 e. The highest BCUT2D eigenvalue weighted by molar-refractivity contribution is 9.10. The Labute approximate surface area is 133 Å². The number of halogens is 3. The van der Waals surface area contributed by atoms with Gasteiger partial charge in [-0.3, -0.25) is 0 Å². The number of rotatable bonds is 2. The van der Waals surface area contributed by atoms with Gasteiger partial charge in [-0.15, -0.1) is 0 Å². The molecule has 0 aliphatic carbocycles. The summed E-state index contributed by atoms with van der Waals surface area (Å²) in [7, 11) is 0. The molecule has 1 heterocycles. The summed E-state index contributed by atoms with van der Waals surface area (Å²) in [6.07, 6.45) is 0. The minimum Gasteiger partial charge on any atom is -0.367 e. The predicted octanol–water partition coefficient (Wildman–Crippen LogP) is 5.15. The second kappa shape index (κ2) is 5.50. The highest BCUT2D eigenvalue weighted by atomic mass is 79.9. The summed E-state index contributed by atoms with van der Waals surface area (Å²) in [5.74, 6) is -0.283. The molecule has 106 valence electrons. The molecule has 0 saturated heterocycles. The third-order valence-electron chi connectivity index (χ3n) is 3.04. The number of nitrogen functional groups attached to an aromatic ring is 1. The Balaban J connectivity index is 2.16. The van der Waals surface area contributed by atoms with Gasteiger partial charge in [0.25, 0.3) is 0 Å². The van der Waals surface area contributed by atoms with E-state index >= 15 is 0 Å². The van der Waals surface area contributed by atoms with E-state index < -0.39 is 5.82 Å². The maximum absolute atomic E-state index is 13.3. The first-order valence-electron chi connectivity index (χ1n) is 6.03. The second-order valence-electron chi connectivity index (χ2n) is 4.41. The fraction of sp³-hybridized carbons (Fsp3) is 0. The number of nitrogens with two attached hydrogens (primary N) is 1. The van der Waals surface area contributed by atoms with Gasteiger partial charge >= 0.3 is 0 Å². The minimum atomic E-state index is -0.484. The molecule has 0 radical (unpaired) electrons. The Bertz CT molecular complexity index is 802. The molecule has 21 heavy (non-hydrogen) atoms. The zero-order valence-electron chi connectivity index (χ0n) is 10.6. The van der Waals surface area contributed by atoms with Crippen LogP contribution in [0.4, 0.5) is 10.3 Å². The molecule has 0 aliphatic rings. The molecule has 2 N–H and O–H groups in total. The van der Waals surface area contributed by atoms with Crippen LogP contribution in [0.1, 0.15) is 0 Å². The van der Waals surface area contributed by atoms with Crippen LogP contribution in [0.2, 0.25) is 5.02 Å². The van der Waals surface area contributed by atoms with Crippen molar-refractivity contribution in [3.8, 4) is 22.4 Å². The van der Waals surface area contributed by atoms with Crippen molar-refractivity contribution in [1.29, 1.82) is 0 Å². The first-order chi connectivity index (χ1) is 10.1.